The fourth-order valence-corrected chi connectivity index (χ4v) is 1.25. The normalized spacial score (nSPS) is 11.9. The lowest BCUT2D eigenvalue weighted by Gasteiger charge is -2.06. The Bertz CT molecular complexity index is 346. The number of hydrogen-bond acceptors (Lipinski definition) is 3. The third kappa shape index (κ3) is 3.91. The molecule has 3 N–H and O–H groups in total. The van der Waals surface area contributed by atoms with Crippen LogP contribution in [0.5, 0.6) is 0 Å². The molecule has 0 saturated carbocycles. The van der Waals surface area contributed by atoms with Crippen LogP contribution in [0, 0.1) is 0 Å². The van der Waals surface area contributed by atoms with Gasteiger partial charge in [-0.05, 0) is 24.1 Å². The van der Waals surface area contributed by atoms with Crippen molar-refractivity contribution in [2.24, 2.45) is 5.73 Å². The predicted octanol–water partition coefficient (Wildman–Crippen LogP) is 0.714. The van der Waals surface area contributed by atoms with E-state index in [4.69, 9.17) is 5.73 Å². The molecule has 1 atom stereocenters. The van der Waals surface area contributed by atoms with Gasteiger partial charge in [-0.3, -0.25) is 4.79 Å². The lowest BCUT2D eigenvalue weighted by atomic mass is 10.1. The van der Waals surface area contributed by atoms with Crippen LogP contribution < -0.4 is 11.1 Å². The predicted molar refractivity (Wildman–Crippen MR) is 58.5 cm³/mol. The molecule has 0 fully saturated rings. The number of aldehydes is 1. The molecule has 0 aromatic heterocycles. The Labute approximate surface area is 88.5 Å². The van der Waals surface area contributed by atoms with Gasteiger partial charge in [-0.25, -0.2) is 0 Å². The van der Waals surface area contributed by atoms with Gasteiger partial charge in [-0.2, -0.15) is 0 Å². The van der Waals surface area contributed by atoms with Gasteiger partial charge in [-0.1, -0.05) is 12.1 Å². The number of nitrogens with one attached hydrogen (secondary N) is 1. The maximum atomic E-state index is 10.7. The highest BCUT2D eigenvalue weighted by molar-refractivity contribution is 5.88. The average Bonchev–Trinajstić information content (AvgIpc) is 2.20. The molecule has 0 bridgehead atoms. The van der Waals surface area contributed by atoms with Crippen molar-refractivity contribution < 1.29 is 9.59 Å². The summed E-state index contributed by atoms with van der Waals surface area (Å²) in [6.07, 6.45) is 1.24. The standard InChI is InChI=1S/C11H14N2O2/c1-8(15)13-11-4-2-9(3-5-11)6-10(12)7-14/h2-5,7,10H,6,12H2,1H3,(H,13,15)/t10-/m0/s1. The van der Waals surface area contributed by atoms with Crippen LogP contribution in [0.3, 0.4) is 0 Å². The van der Waals surface area contributed by atoms with Gasteiger partial charge in [0.1, 0.15) is 6.29 Å². The molecule has 1 aromatic carbocycles. The molecule has 1 rings (SSSR count). The molecule has 0 radical (unpaired) electrons. The van der Waals surface area contributed by atoms with Crippen molar-refractivity contribution in [3.8, 4) is 0 Å². The van der Waals surface area contributed by atoms with E-state index >= 15 is 0 Å². The zero-order chi connectivity index (χ0) is 11.3. The van der Waals surface area contributed by atoms with Gasteiger partial charge in [-0.15, -0.1) is 0 Å². The Kier molecular flexibility index (Phi) is 4.00. The first-order valence-electron chi connectivity index (χ1n) is 4.69. The fraction of sp³-hybridized carbons (Fsp3) is 0.273. The molecule has 4 nitrogen and oxygen atoms in total. The number of benzene rings is 1. The van der Waals surface area contributed by atoms with E-state index in [0.29, 0.717) is 6.42 Å². The molecule has 0 heterocycles. The van der Waals surface area contributed by atoms with Gasteiger partial charge in [0.2, 0.25) is 5.91 Å². The highest BCUT2D eigenvalue weighted by Gasteiger charge is 2.02. The lowest BCUT2D eigenvalue weighted by Crippen LogP contribution is -2.23. The van der Waals surface area contributed by atoms with Crippen molar-refractivity contribution in [1.29, 1.82) is 0 Å². The monoisotopic (exact) mass is 206 g/mol. The van der Waals surface area contributed by atoms with Crippen molar-refractivity contribution in [2.75, 3.05) is 5.32 Å². The summed E-state index contributed by atoms with van der Waals surface area (Å²) in [6, 6.07) is 6.79. The maximum Gasteiger partial charge on any atom is 0.221 e. The molecule has 1 aromatic rings. The summed E-state index contributed by atoms with van der Waals surface area (Å²) in [4.78, 5) is 21.1. The summed E-state index contributed by atoms with van der Waals surface area (Å²) in [7, 11) is 0. The molecule has 1 amide bonds. The van der Waals surface area contributed by atoms with Crippen LogP contribution in [0.2, 0.25) is 0 Å². The highest BCUT2D eigenvalue weighted by Crippen LogP contribution is 2.10. The summed E-state index contributed by atoms with van der Waals surface area (Å²) in [5.41, 5.74) is 7.20. The van der Waals surface area contributed by atoms with E-state index in [2.05, 4.69) is 5.32 Å². The Morgan fingerprint density at radius 1 is 1.47 bits per heavy atom. The summed E-state index contributed by atoms with van der Waals surface area (Å²) >= 11 is 0. The van der Waals surface area contributed by atoms with E-state index in [9.17, 15) is 9.59 Å². The smallest absolute Gasteiger partial charge is 0.221 e. The van der Waals surface area contributed by atoms with Crippen molar-refractivity contribution in [3.05, 3.63) is 29.8 Å². The topological polar surface area (TPSA) is 72.2 Å². The second-order valence-corrected chi connectivity index (χ2v) is 3.38. The number of anilines is 1. The Morgan fingerprint density at radius 2 is 2.07 bits per heavy atom. The molecular weight excluding hydrogens is 192 g/mol. The second kappa shape index (κ2) is 5.26. The quantitative estimate of drug-likeness (QED) is 0.713. The third-order valence-corrected chi connectivity index (χ3v) is 1.92. The van der Waals surface area contributed by atoms with Crippen LogP contribution in [-0.4, -0.2) is 18.2 Å². The van der Waals surface area contributed by atoms with E-state index in [1.54, 1.807) is 12.1 Å². The summed E-state index contributed by atoms with van der Waals surface area (Å²) in [5.74, 6) is -0.104. The summed E-state index contributed by atoms with van der Waals surface area (Å²) in [5, 5.41) is 2.66. The van der Waals surface area contributed by atoms with E-state index in [1.807, 2.05) is 12.1 Å². The molecule has 0 aliphatic heterocycles. The van der Waals surface area contributed by atoms with Crippen LogP contribution in [0.15, 0.2) is 24.3 Å². The van der Waals surface area contributed by atoms with Crippen molar-refractivity contribution in [2.45, 2.75) is 19.4 Å². The molecule has 4 heteroatoms. The van der Waals surface area contributed by atoms with Gasteiger partial charge in [0.15, 0.2) is 0 Å². The minimum atomic E-state index is -0.461. The molecule has 0 aliphatic carbocycles. The Hall–Kier alpha value is -1.68. The third-order valence-electron chi connectivity index (χ3n) is 1.92. The molecule has 0 unspecified atom stereocenters. The summed E-state index contributed by atoms with van der Waals surface area (Å²) < 4.78 is 0. The SMILES string of the molecule is CC(=O)Nc1ccc(C[C@H](N)C=O)cc1. The van der Waals surface area contributed by atoms with E-state index in [-0.39, 0.29) is 5.91 Å². The van der Waals surface area contributed by atoms with Crippen molar-refractivity contribution in [3.63, 3.8) is 0 Å². The van der Waals surface area contributed by atoms with Crippen LogP contribution in [0.25, 0.3) is 0 Å². The van der Waals surface area contributed by atoms with Crippen LogP contribution in [-0.2, 0) is 16.0 Å². The Morgan fingerprint density at radius 3 is 2.53 bits per heavy atom. The number of carbonyl (C=O) groups excluding carboxylic acids is 2. The zero-order valence-electron chi connectivity index (χ0n) is 8.57. The minimum absolute atomic E-state index is 0.104. The zero-order valence-corrected chi connectivity index (χ0v) is 8.57. The minimum Gasteiger partial charge on any atom is -0.326 e. The van der Waals surface area contributed by atoms with Crippen LogP contribution in [0.1, 0.15) is 12.5 Å². The lowest BCUT2D eigenvalue weighted by molar-refractivity contribution is -0.114. The second-order valence-electron chi connectivity index (χ2n) is 3.38. The van der Waals surface area contributed by atoms with Crippen LogP contribution in [0.4, 0.5) is 5.69 Å². The first-order valence-corrected chi connectivity index (χ1v) is 4.69. The number of hydrogen-bond donors (Lipinski definition) is 2. The van der Waals surface area contributed by atoms with Gasteiger partial charge in [0, 0.05) is 12.6 Å². The largest absolute Gasteiger partial charge is 0.326 e. The number of amides is 1. The van der Waals surface area contributed by atoms with Crippen molar-refractivity contribution >= 4 is 17.9 Å². The molecule has 15 heavy (non-hydrogen) atoms. The highest BCUT2D eigenvalue weighted by atomic mass is 16.1. The first kappa shape index (κ1) is 11.4. The fourth-order valence-electron chi connectivity index (χ4n) is 1.25. The molecular formula is C11H14N2O2. The number of rotatable bonds is 4. The Balaban J connectivity index is 2.63. The maximum absolute atomic E-state index is 10.7. The molecule has 0 spiro atoms. The molecule has 0 aliphatic rings. The van der Waals surface area contributed by atoms with Crippen LogP contribution >= 0.6 is 0 Å². The van der Waals surface area contributed by atoms with E-state index in [0.717, 1.165) is 17.5 Å². The van der Waals surface area contributed by atoms with Gasteiger partial charge < -0.3 is 15.8 Å². The number of nitrogens with two attached hydrogens (primary N) is 1. The average molecular weight is 206 g/mol. The van der Waals surface area contributed by atoms with Gasteiger partial charge in [0.25, 0.3) is 0 Å². The van der Waals surface area contributed by atoms with Gasteiger partial charge in [0.05, 0.1) is 6.04 Å². The van der Waals surface area contributed by atoms with E-state index in [1.165, 1.54) is 6.92 Å². The number of carbonyl (C=O) groups is 2. The molecule has 0 saturated heterocycles. The summed E-state index contributed by atoms with van der Waals surface area (Å²) in [6.45, 7) is 1.45. The van der Waals surface area contributed by atoms with Gasteiger partial charge >= 0.3 is 0 Å². The van der Waals surface area contributed by atoms with Crippen molar-refractivity contribution in [1.82, 2.24) is 0 Å². The van der Waals surface area contributed by atoms with E-state index < -0.39 is 6.04 Å². The molecule has 80 valence electrons. The first-order chi connectivity index (χ1) is 7.11.